The number of unbranched alkanes of at least 4 members (excludes halogenated alkanes) is 1. The Morgan fingerprint density at radius 3 is 2.62 bits per heavy atom. The summed E-state index contributed by atoms with van der Waals surface area (Å²) in [7, 11) is -0.755. The van der Waals surface area contributed by atoms with Crippen LogP contribution < -0.4 is 10.0 Å². The molecule has 118 valence electrons. The number of ether oxygens (including phenoxy) is 1. The summed E-state index contributed by atoms with van der Waals surface area (Å²) in [4.78, 5) is 9.91. The lowest BCUT2D eigenvalue weighted by atomic mass is 10.3. The van der Waals surface area contributed by atoms with Gasteiger partial charge >= 0.3 is 0 Å². The molecule has 9 heteroatoms. The predicted octanol–water partition coefficient (Wildman–Crippen LogP) is 1.34. The van der Waals surface area contributed by atoms with Crippen molar-refractivity contribution in [2.24, 2.45) is 0 Å². The number of sulfonamides is 1. The number of hydrogen-bond donors (Lipinski definition) is 2. The van der Waals surface area contributed by atoms with Crippen molar-refractivity contribution in [1.29, 1.82) is 0 Å². The lowest BCUT2D eigenvalue weighted by Crippen LogP contribution is -2.25. The van der Waals surface area contributed by atoms with Gasteiger partial charge in [0.2, 0.25) is 10.0 Å². The van der Waals surface area contributed by atoms with Crippen LogP contribution in [0.3, 0.4) is 0 Å². The minimum Gasteiger partial charge on any atom is -0.388 e. The maximum Gasteiger partial charge on any atom is 0.289 e. The van der Waals surface area contributed by atoms with Gasteiger partial charge in [0, 0.05) is 39.1 Å². The standard InChI is InChI=1S/C12H19N3O5S/c1-13-10-5-6-11(15(16)17)12(9-10)21(18,19)14-7-3-4-8-20-2/h5-6,9,13-14H,3-4,7-8H2,1-2H3. The molecule has 0 spiro atoms. The Bertz CT molecular complexity index is 589. The molecule has 8 nitrogen and oxygen atoms in total. The van der Waals surface area contributed by atoms with Crippen molar-refractivity contribution < 1.29 is 18.1 Å². The SMILES string of the molecule is CNc1ccc([N+](=O)[O-])c(S(=O)(=O)NCCCCOC)c1. The van der Waals surface area contributed by atoms with Crippen molar-refractivity contribution in [3.05, 3.63) is 28.3 Å². The number of nitro groups is 1. The lowest BCUT2D eigenvalue weighted by Gasteiger charge is -2.09. The highest BCUT2D eigenvalue weighted by molar-refractivity contribution is 7.89. The number of nitrogens with one attached hydrogen (secondary N) is 2. The van der Waals surface area contributed by atoms with E-state index >= 15 is 0 Å². The monoisotopic (exact) mass is 317 g/mol. The summed E-state index contributed by atoms with van der Waals surface area (Å²) in [5, 5.41) is 13.7. The Balaban J connectivity index is 2.92. The van der Waals surface area contributed by atoms with Crippen LogP contribution >= 0.6 is 0 Å². The van der Waals surface area contributed by atoms with E-state index in [1.54, 1.807) is 14.2 Å². The second-order valence-corrected chi connectivity index (χ2v) is 6.02. The zero-order valence-electron chi connectivity index (χ0n) is 12.0. The fourth-order valence-electron chi connectivity index (χ4n) is 1.69. The number of hydrogen-bond acceptors (Lipinski definition) is 6. The molecule has 0 saturated carbocycles. The summed E-state index contributed by atoms with van der Waals surface area (Å²) in [6.45, 7) is 0.740. The molecule has 0 aliphatic rings. The third-order valence-corrected chi connectivity index (χ3v) is 4.29. The molecule has 0 unspecified atom stereocenters. The average Bonchev–Trinajstić information content (AvgIpc) is 2.46. The van der Waals surface area contributed by atoms with Crippen LogP contribution in [0.15, 0.2) is 23.1 Å². The van der Waals surface area contributed by atoms with Crippen molar-refractivity contribution >= 4 is 21.4 Å². The van der Waals surface area contributed by atoms with Crippen molar-refractivity contribution in [1.82, 2.24) is 4.72 Å². The van der Waals surface area contributed by atoms with Gasteiger partial charge in [-0.2, -0.15) is 0 Å². The Morgan fingerprint density at radius 2 is 2.05 bits per heavy atom. The molecule has 0 aromatic heterocycles. The largest absolute Gasteiger partial charge is 0.388 e. The third-order valence-electron chi connectivity index (χ3n) is 2.80. The molecule has 21 heavy (non-hydrogen) atoms. The van der Waals surface area contributed by atoms with E-state index < -0.39 is 20.6 Å². The summed E-state index contributed by atoms with van der Waals surface area (Å²) >= 11 is 0. The first-order valence-corrected chi connectivity index (χ1v) is 7.85. The molecule has 0 saturated heterocycles. The first kappa shape index (κ1) is 17.3. The van der Waals surface area contributed by atoms with Crippen molar-refractivity contribution in [3.8, 4) is 0 Å². The van der Waals surface area contributed by atoms with Gasteiger partial charge in [-0.1, -0.05) is 0 Å². The highest BCUT2D eigenvalue weighted by Crippen LogP contribution is 2.26. The van der Waals surface area contributed by atoms with E-state index in [4.69, 9.17) is 4.74 Å². The topological polar surface area (TPSA) is 111 Å². The lowest BCUT2D eigenvalue weighted by molar-refractivity contribution is -0.387. The number of anilines is 1. The van der Waals surface area contributed by atoms with E-state index in [2.05, 4.69) is 10.0 Å². The van der Waals surface area contributed by atoms with E-state index in [0.717, 1.165) is 0 Å². The van der Waals surface area contributed by atoms with Crippen LogP contribution in [-0.4, -0.2) is 40.7 Å². The molecule has 1 aromatic carbocycles. The van der Waals surface area contributed by atoms with Gasteiger partial charge in [0.05, 0.1) is 4.92 Å². The van der Waals surface area contributed by atoms with Gasteiger partial charge in [-0.3, -0.25) is 10.1 Å². The van der Waals surface area contributed by atoms with E-state index in [1.807, 2.05) is 0 Å². The highest BCUT2D eigenvalue weighted by Gasteiger charge is 2.25. The van der Waals surface area contributed by atoms with Crippen LogP contribution in [0.1, 0.15) is 12.8 Å². The van der Waals surface area contributed by atoms with Crippen molar-refractivity contribution in [2.45, 2.75) is 17.7 Å². The molecule has 0 aliphatic heterocycles. The summed E-state index contributed by atoms with van der Waals surface area (Å²) in [6.07, 6.45) is 1.30. The molecule has 1 aromatic rings. The molecule has 0 bridgehead atoms. The zero-order valence-corrected chi connectivity index (χ0v) is 12.8. The Kier molecular flexibility index (Phi) is 6.53. The summed E-state index contributed by atoms with van der Waals surface area (Å²) in [5.74, 6) is 0. The number of nitrogens with zero attached hydrogens (tertiary/aromatic N) is 1. The van der Waals surface area contributed by atoms with Crippen molar-refractivity contribution in [3.63, 3.8) is 0 Å². The second kappa shape index (κ2) is 7.91. The van der Waals surface area contributed by atoms with Gasteiger partial charge in [0.15, 0.2) is 4.90 Å². The normalized spacial score (nSPS) is 11.3. The number of rotatable bonds is 9. The maximum absolute atomic E-state index is 12.2. The Hall–Kier alpha value is -1.71. The fraction of sp³-hybridized carbons (Fsp3) is 0.500. The Morgan fingerprint density at radius 1 is 1.33 bits per heavy atom. The summed E-state index contributed by atoms with van der Waals surface area (Å²) in [6, 6.07) is 3.87. The minimum absolute atomic E-state index is 0.201. The number of nitro benzene ring substituents is 1. The molecular formula is C12H19N3O5S. The number of benzene rings is 1. The maximum atomic E-state index is 12.2. The predicted molar refractivity (Wildman–Crippen MR) is 78.9 cm³/mol. The molecule has 0 atom stereocenters. The molecule has 2 N–H and O–H groups in total. The van der Waals surface area contributed by atoms with Gasteiger partial charge in [-0.05, 0) is 25.0 Å². The van der Waals surface area contributed by atoms with Gasteiger partial charge in [0.25, 0.3) is 5.69 Å². The molecule has 0 fully saturated rings. The van der Waals surface area contributed by atoms with E-state index in [0.29, 0.717) is 25.1 Å². The summed E-state index contributed by atoms with van der Waals surface area (Å²) < 4.78 is 31.6. The van der Waals surface area contributed by atoms with Gasteiger partial charge in [-0.25, -0.2) is 13.1 Å². The fourth-order valence-corrected chi connectivity index (χ4v) is 2.96. The van der Waals surface area contributed by atoms with Gasteiger partial charge < -0.3 is 10.1 Å². The average molecular weight is 317 g/mol. The van der Waals surface area contributed by atoms with E-state index in [9.17, 15) is 18.5 Å². The molecule has 0 heterocycles. The molecule has 1 rings (SSSR count). The van der Waals surface area contributed by atoms with Crippen LogP contribution in [-0.2, 0) is 14.8 Å². The van der Waals surface area contributed by atoms with Crippen molar-refractivity contribution in [2.75, 3.05) is 32.6 Å². The molecule has 0 radical (unpaired) electrons. The van der Waals surface area contributed by atoms with Gasteiger partial charge in [0.1, 0.15) is 0 Å². The van der Waals surface area contributed by atoms with Crippen LogP contribution in [0.5, 0.6) is 0 Å². The van der Waals surface area contributed by atoms with E-state index in [-0.39, 0.29) is 11.4 Å². The smallest absolute Gasteiger partial charge is 0.289 e. The van der Waals surface area contributed by atoms with Crippen LogP contribution in [0.2, 0.25) is 0 Å². The molecule has 0 aliphatic carbocycles. The summed E-state index contributed by atoms with van der Waals surface area (Å²) in [5.41, 5.74) is 0.0405. The Labute approximate surface area is 123 Å². The van der Waals surface area contributed by atoms with Gasteiger partial charge in [-0.15, -0.1) is 0 Å². The highest BCUT2D eigenvalue weighted by atomic mass is 32.2. The molecule has 0 amide bonds. The molecular weight excluding hydrogens is 298 g/mol. The van der Waals surface area contributed by atoms with Crippen LogP contribution in [0, 0.1) is 10.1 Å². The second-order valence-electron chi connectivity index (χ2n) is 4.29. The number of methoxy groups -OCH3 is 1. The zero-order chi connectivity index (χ0) is 15.9. The van der Waals surface area contributed by atoms with Crippen LogP contribution in [0.25, 0.3) is 0 Å². The van der Waals surface area contributed by atoms with Crippen LogP contribution in [0.4, 0.5) is 11.4 Å². The van der Waals surface area contributed by atoms with E-state index in [1.165, 1.54) is 18.2 Å². The first-order chi connectivity index (χ1) is 9.92. The first-order valence-electron chi connectivity index (χ1n) is 6.37. The quantitative estimate of drug-likeness (QED) is 0.404. The third kappa shape index (κ3) is 4.96. The minimum atomic E-state index is -3.93.